The number of hydrogen-bond donors (Lipinski definition) is 0. The van der Waals surface area contributed by atoms with Gasteiger partial charge < -0.3 is 7.43 Å². The van der Waals surface area contributed by atoms with E-state index < -0.39 is 0 Å². The van der Waals surface area contributed by atoms with E-state index in [1.165, 1.54) is 27.5 Å². The standard InChI is InChI=1S/C13H10.C12H10.C10H8.C2H6.CH3.2Y/c1-11-7-9-13(10-8-11)12-5-3-2-4-6-12;1-3-7-11(8-4-1)12-9-5-2-6-10-12;1-2-6-10-8-4-3-7-9(10)5-1;1-2;;;/h2-5,7-9H,1H3;1-5,7H,6,10H2;1-8H;1-2H3;1H3;;/q2*-2;;;-1;;+3. The Kier molecular flexibility index (Phi) is 21.6. The summed E-state index contributed by atoms with van der Waals surface area (Å²) in [5.74, 6) is 0. The molecule has 1 aliphatic carbocycles. The largest absolute Gasteiger partial charge is 3.00 e. The molecule has 0 spiro atoms. The van der Waals surface area contributed by atoms with Crippen molar-refractivity contribution < 1.29 is 65.4 Å². The van der Waals surface area contributed by atoms with Crippen LogP contribution in [0.1, 0.15) is 37.8 Å². The van der Waals surface area contributed by atoms with Crippen LogP contribution in [0, 0.1) is 38.6 Å². The van der Waals surface area contributed by atoms with Gasteiger partial charge in [-0.3, -0.25) is 0 Å². The van der Waals surface area contributed by atoms with Gasteiger partial charge in [0.1, 0.15) is 0 Å². The van der Waals surface area contributed by atoms with Gasteiger partial charge in [-0.05, 0) is 10.8 Å². The Morgan fingerprint density at radius 3 is 1.52 bits per heavy atom. The Morgan fingerprint density at radius 1 is 0.600 bits per heavy atom. The summed E-state index contributed by atoms with van der Waals surface area (Å²) >= 11 is 0. The molecule has 0 atom stereocenters. The van der Waals surface area contributed by atoms with Crippen molar-refractivity contribution in [1.82, 2.24) is 0 Å². The van der Waals surface area contributed by atoms with Crippen LogP contribution >= 0.6 is 0 Å². The van der Waals surface area contributed by atoms with E-state index in [0.717, 1.165) is 24.0 Å². The quantitative estimate of drug-likeness (QED) is 0.164. The van der Waals surface area contributed by atoms with Crippen LogP contribution in [0.25, 0.3) is 27.5 Å². The molecule has 6 rings (SSSR count). The summed E-state index contributed by atoms with van der Waals surface area (Å²) in [6.07, 6.45) is 9.61. The first kappa shape index (κ1) is 38.0. The van der Waals surface area contributed by atoms with Crippen molar-refractivity contribution in [1.29, 1.82) is 0 Å². The molecule has 0 aliphatic heterocycles. The zero-order valence-corrected chi connectivity index (χ0v) is 29.9. The van der Waals surface area contributed by atoms with E-state index in [2.05, 4.69) is 104 Å². The minimum Gasteiger partial charge on any atom is -0.358 e. The van der Waals surface area contributed by atoms with E-state index in [1.54, 1.807) is 0 Å². The van der Waals surface area contributed by atoms with Crippen LogP contribution in [-0.4, -0.2) is 0 Å². The maximum Gasteiger partial charge on any atom is 3.00 e. The fraction of sp³-hybridized carbons (Fsp3) is 0.132. The minimum atomic E-state index is 0. The zero-order chi connectivity index (χ0) is 26.1. The predicted molar refractivity (Wildman–Crippen MR) is 166 cm³/mol. The molecule has 0 amide bonds. The van der Waals surface area contributed by atoms with Gasteiger partial charge in [-0.15, -0.1) is 17.7 Å². The SMILES string of the molecule is CC.Cc1c[c-]c(-c2[c-]cccc2)cc1.[C-]1=C(c2[c-]cccc2)CCC=C1.[CH3-].[Y+3].[Y].c1ccc2ccccc2c1. The third-order valence-corrected chi connectivity index (χ3v) is 5.60. The Balaban J connectivity index is 0.000000537. The molecule has 2 heteroatoms. The fourth-order valence-corrected chi connectivity index (χ4v) is 3.70. The summed E-state index contributed by atoms with van der Waals surface area (Å²) in [5.41, 5.74) is 5.90. The molecule has 0 fully saturated rings. The molecule has 0 aromatic heterocycles. The normalized spacial score (nSPS) is 10.6. The van der Waals surface area contributed by atoms with Gasteiger partial charge in [-0.25, -0.2) is 34.4 Å². The number of benzene rings is 5. The van der Waals surface area contributed by atoms with Gasteiger partial charge in [0.25, 0.3) is 0 Å². The van der Waals surface area contributed by atoms with Crippen LogP contribution in [0.15, 0.2) is 127 Å². The van der Waals surface area contributed by atoms with Crippen LogP contribution in [0.3, 0.4) is 0 Å². The molecular weight excluding hydrogens is 634 g/mol. The second-order valence-corrected chi connectivity index (χ2v) is 8.24. The molecule has 0 saturated carbocycles. The Bertz CT molecular complexity index is 1300. The van der Waals surface area contributed by atoms with Crippen molar-refractivity contribution in [3.8, 4) is 11.1 Å². The van der Waals surface area contributed by atoms with Crippen molar-refractivity contribution in [2.24, 2.45) is 0 Å². The van der Waals surface area contributed by atoms with Gasteiger partial charge in [-0.2, -0.15) is 78.9 Å². The summed E-state index contributed by atoms with van der Waals surface area (Å²) in [6.45, 7) is 6.06. The molecular formula is C38H37Y2-2. The summed E-state index contributed by atoms with van der Waals surface area (Å²) in [7, 11) is 0. The zero-order valence-electron chi connectivity index (χ0n) is 24.2. The average molecular weight is 672 g/mol. The van der Waals surface area contributed by atoms with E-state index in [4.69, 9.17) is 0 Å². The topological polar surface area (TPSA) is 0 Å². The number of aryl methyl sites for hydroxylation is 1. The number of allylic oxidation sites excluding steroid dienone is 4. The average Bonchev–Trinajstić information content (AvgIpc) is 3.01. The summed E-state index contributed by atoms with van der Waals surface area (Å²) in [4.78, 5) is 0. The molecule has 5 aromatic rings. The maximum absolute atomic E-state index is 3.24. The van der Waals surface area contributed by atoms with Crippen LogP contribution in [0.4, 0.5) is 0 Å². The summed E-state index contributed by atoms with van der Waals surface area (Å²) < 4.78 is 0. The third-order valence-electron chi connectivity index (χ3n) is 5.60. The van der Waals surface area contributed by atoms with Crippen LogP contribution in [0.5, 0.6) is 0 Å². The van der Waals surface area contributed by atoms with E-state index in [0.29, 0.717) is 0 Å². The second-order valence-electron chi connectivity index (χ2n) is 8.24. The van der Waals surface area contributed by atoms with Gasteiger partial charge in [-0.1, -0.05) is 82.1 Å². The van der Waals surface area contributed by atoms with Crippen molar-refractivity contribution in [2.45, 2.75) is 33.6 Å². The molecule has 0 N–H and O–H groups in total. The predicted octanol–water partition coefficient (Wildman–Crippen LogP) is 10.6. The molecule has 0 heterocycles. The molecule has 0 nitrogen and oxygen atoms in total. The summed E-state index contributed by atoms with van der Waals surface area (Å²) in [5, 5.41) is 2.62. The van der Waals surface area contributed by atoms with Crippen LogP contribution in [0.2, 0.25) is 0 Å². The minimum absolute atomic E-state index is 0. The van der Waals surface area contributed by atoms with E-state index in [9.17, 15) is 0 Å². The van der Waals surface area contributed by atoms with Crippen molar-refractivity contribution in [2.75, 3.05) is 0 Å². The first-order valence-electron chi connectivity index (χ1n) is 12.9. The third kappa shape index (κ3) is 13.1. The van der Waals surface area contributed by atoms with Crippen molar-refractivity contribution in [3.63, 3.8) is 0 Å². The number of hydrogen-bond acceptors (Lipinski definition) is 0. The molecule has 5 aromatic carbocycles. The van der Waals surface area contributed by atoms with E-state index >= 15 is 0 Å². The first-order chi connectivity index (χ1) is 18.3. The van der Waals surface area contributed by atoms with Crippen LogP contribution < -0.4 is 0 Å². The van der Waals surface area contributed by atoms with Gasteiger partial charge in [0, 0.05) is 32.7 Å². The molecule has 197 valence electrons. The second kappa shape index (κ2) is 22.7. The van der Waals surface area contributed by atoms with E-state index in [-0.39, 0.29) is 72.8 Å². The Hall–Kier alpha value is -1.95. The molecule has 0 saturated heterocycles. The number of fused-ring (bicyclic) bond motifs is 1. The van der Waals surface area contributed by atoms with Gasteiger partial charge in [0.15, 0.2) is 0 Å². The Morgan fingerprint density at radius 2 is 1.10 bits per heavy atom. The fourth-order valence-electron chi connectivity index (χ4n) is 3.70. The van der Waals surface area contributed by atoms with Gasteiger partial charge in [0.2, 0.25) is 0 Å². The summed E-state index contributed by atoms with van der Waals surface area (Å²) in [6, 6.07) is 48.5. The molecule has 40 heavy (non-hydrogen) atoms. The molecule has 0 bridgehead atoms. The van der Waals surface area contributed by atoms with E-state index in [1.807, 2.05) is 68.5 Å². The molecule has 0 unspecified atom stereocenters. The van der Waals surface area contributed by atoms with Crippen molar-refractivity contribution >= 4 is 16.3 Å². The van der Waals surface area contributed by atoms with Gasteiger partial charge >= 0.3 is 32.7 Å². The van der Waals surface area contributed by atoms with Gasteiger partial charge in [0.05, 0.1) is 0 Å². The smallest absolute Gasteiger partial charge is 0.358 e. The molecule has 1 radical (unpaired) electrons. The molecule has 1 aliphatic rings. The van der Waals surface area contributed by atoms with Crippen molar-refractivity contribution in [3.05, 3.63) is 170 Å². The monoisotopic (exact) mass is 671 g/mol. The number of rotatable bonds is 2. The maximum atomic E-state index is 3.24. The first-order valence-corrected chi connectivity index (χ1v) is 12.9. The Labute approximate surface area is 293 Å². The van der Waals surface area contributed by atoms with Crippen LogP contribution in [-0.2, 0) is 65.4 Å².